The van der Waals surface area contributed by atoms with Crippen molar-refractivity contribution in [2.45, 2.75) is 64.2 Å². The normalized spacial score (nSPS) is 29.8. The fraction of sp³-hybridized carbons (Fsp3) is 0.722. The first-order valence-corrected chi connectivity index (χ1v) is 8.09. The highest BCUT2D eigenvalue weighted by atomic mass is 16.1. The van der Waals surface area contributed by atoms with Gasteiger partial charge in [0.2, 0.25) is 0 Å². The highest BCUT2D eigenvalue weighted by molar-refractivity contribution is 5.79. The van der Waals surface area contributed by atoms with Crippen LogP contribution in [0.1, 0.15) is 64.2 Å². The number of rotatable bonds is 5. The Morgan fingerprint density at radius 1 is 1.00 bits per heavy atom. The van der Waals surface area contributed by atoms with E-state index in [1.54, 1.807) is 0 Å². The average Bonchev–Trinajstić information content (AvgIpc) is 2.46. The molecule has 0 aliphatic heterocycles. The summed E-state index contributed by atoms with van der Waals surface area (Å²) in [6.07, 6.45) is 18.7. The fourth-order valence-corrected chi connectivity index (χ4v) is 3.49. The Bertz CT molecular complexity index is 311. The molecule has 2 rings (SSSR count). The molecular formula is C18H28O. The zero-order valence-electron chi connectivity index (χ0n) is 12.2. The zero-order chi connectivity index (χ0) is 13.5. The Labute approximate surface area is 118 Å². The predicted molar refractivity (Wildman–Crippen MR) is 81.0 cm³/mol. The lowest BCUT2D eigenvalue weighted by Crippen LogP contribution is -2.13. The van der Waals surface area contributed by atoms with Gasteiger partial charge in [-0.25, -0.2) is 0 Å². The van der Waals surface area contributed by atoms with Gasteiger partial charge in [-0.2, -0.15) is 0 Å². The zero-order valence-corrected chi connectivity index (χ0v) is 12.2. The van der Waals surface area contributed by atoms with Gasteiger partial charge >= 0.3 is 0 Å². The first-order valence-electron chi connectivity index (χ1n) is 8.09. The second-order valence-corrected chi connectivity index (χ2v) is 6.40. The molecule has 0 heterocycles. The van der Waals surface area contributed by atoms with Crippen LogP contribution in [0, 0.1) is 17.8 Å². The van der Waals surface area contributed by atoms with E-state index in [1.807, 2.05) is 0 Å². The van der Waals surface area contributed by atoms with Gasteiger partial charge in [0.15, 0.2) is 0 Å². The maximum atomic E-state index is 11.2. The third-order valence-corrected chi connectivity index (χ3v) is 4.96. The summed E-state index contributed by atoms with van der Waals surface area (Å²) in [5, 5.41) is 0. The van der Waals surface area contributed by atoms with Crippen molar-refractivity contribution in [3.8, 4) is 0 Å². The van der Waals surface area contributed by atoms with Crippen molar-refractivity contribution in [2.75, 3.05) is 0 Å². The number of hydrogen-bond donors (Lipinski definition) is 0. The standard InChI is InChI=1S/C18H28O/c1-2-15-7-9-16(10-8-15)5-3-4-6-17-11-13-18(19)14-12-17/h2,4,6,15-17H,1,3,5,7-14H2/b6-4+. The van der Waals surface area contributed by atoms with Gasteiger partial charge < -0.3 is 0 Å². The van der Waals surface area contributed by atoms with Gasteiger partial charge in [0.1, 0.15) is 5.78 Å². The molecule has 0 radical (unpaired) electrons. The molecule has 0 saturated heterocycles. The third kappa shape index (κ3) is 4.97. The Morgan fingerprint density at radius 2 is 1.68 bits per heavy atom. The number of carbonyl (C=O) groups excluding carboxylic acids is 1. The lowest BCUT2D eigenvalue weighted by atomic mass is 9.80. The summed E-state index contributed by atoms with van der Waals surface area (Å²) in [7, 11) is 0. The van der Waals surface area contributed by atoms with Crippen molar-refractivity contribution >= 4 is 5.78 Å². The van der Waals surface area contributed by atoms with Gasteiger partial charge in [0.05, 0.1) is 0 Å². The van der Waals surface area contributed by atoms with Crippen LogP contribution in [0.3, 0.4) is 0 Å². The van der Waals surface area contributed by atoms with Crippen LogP contribution in [0.2, 0.25) is 0 Å². The predicted octanol–water partition coefficient (Wildman–Crippen LogP) is 5.07. The minimum absolute atomic E-state index is 0.462. The van der Waals surface area contributed by atoms with Crippen LogP contribution in [0.25, 0.3) is 0 Å². The van der Waals surface area contributed by atoms with E-state index >= 15 is 0 Å². The van der Waals surface area contributed by atoms with Crippen LogP contribution in [0.15, 0.2) is 24.8 Å². The van der Waals surface area contributed by atoms with E-state index in [0.717, 1.165) is 37.5 Å². The molecular weight excluding hydrogens is 232 g/mol. The molecule has 2 aliphatic rings. The number of hydrogen-bond acceptors (Lipinski definition) is 1. The molecule has 2 saturated carbocycles. The van der Waals surface area contributed by atoms with Gasteiger partial charge in [-0.1, -0.05) is 18.2 Å². The number of carbonyl (C=O) groups is 1. The first kappa shape index (κ1) is 14.6. The largest absolute Gasteiger partial charge is 0.300 e. The smallest absolute Gasteiger partial charge is 0.132 e. The van der Waals surface area contributed by atoms with Crippen LogP contribution in [0.4, 0.5) is 0 Å². The van der Waals surface area contributed by atoms with E-state index in [9.17, 15) is 4.79 Å². The summed E-state index contributed by atoms with van der Waals surface area (Å²) in [6.45, 7) is 3.91. The minimum Gasteiger partial charge on any atom is -0.300 e. The van der Waals surface area contributed by atoms with Gasteiger partial charge in [0, 0.05) is 12.8 Å². The highest BCUT2D eigenvalue weighted by Crippen LogP contribution is 2.32. The lowest BCUT2D eigenvalue weighted by Gasteiger charge is -2.26. The molecule has 0 spiro atoms. The second kappa shape index (κ2) is 7.67. The van der Waals surface area contributed by atoms with E-state index in [1.165, 1.54) is 38.5 Å². The number of allylic oxidation sites excluding steroid dienone is 3. The quantitative estimate of drug-likeness (QED) is 0.630. The summed E-state index contributed by atoms with van der Waals surface area (Å²) in [5.74, 6) is 2.86. The molecule has 0 aromatic rings. The molecule has 1 nitrogen and oxygen atoms in total. The Hall–Kier alpha value is -0.850. The molecule has 2 aliphatic carbocycles. The summed E-state index contributed by atoms with van der Waals surface area (Å²) in [6, 6.07) is 0. The summed E-state index contributed by atoms with van der Waals surface area (Å²) in [4.78, 5) is 11.2. The van der Waals surface area contributed by atoms with Gasteiger partial charge in [-0.3, -0.25) is 4.79 Å². The maximum absolute atomic E-state index is 11.2. The summed E-state index contributed by atoms with van der Waals surface area (Å²) < 4.78 is 0. The maximum Gasteiger partial charge on any atom is 0.132 e. The van der Waals surface area contributed by atoms with E-state index in [4.69, 9.17) is 0 Å². The molecule has 2 fully saturated rings. The molecule has 0 aromatic carbocycles. The molecule has 0 N–H and O–H groups in total. The Balaban J connectivity index is 1.59. The lowest BCUT2D eigenvalue weighted by molar-refractivity contribution is -0.120. The van der Waals surface area contributed by atoms with Gasteiger partial charge in [-0.05, 0) is 69.1 Å². The van der Waals surface area contributed by atoms with Crippen molar-refractivity contribution in [3.63, 3.8) is 0 Å². The molecule has 0 amide bonds. The highest BCUT2D eigenvalue weighted by Gasteiger charge is 2.18. The molecule has 1 heteroatoms. The first-order chi connectivity index (χ1) is 9.28. The van der Waals surface area contributed by atoms with E-state index in [-0.39, 0.29) is 0 Å². The van der Waals surface area contributed by atoms with Crippen molar-refractivity contribution in [1.82, 2.24) is 0 Å². The topological polar surface area (TPSA) is 17.1 Å². The van der Waals surface area contributed by atoms with Crippen LogP contribution in [0.5, 0.6) is 0 Å². The van der Waals surface area contributed by atoms with E-state index < -0.39 is 0 Å². The van der Waals surface area contributed by atoms with Crippen molar-refractivity contribution in [3.05, 3.63) is 24.8 Å². The Kier molecular flexibility index (Phi) is 5.88. The molecule has 19 heavy (non-hydrogen) atoms. The van der Waals surface area contributed by atoms with Crippen LogP contribution < -0.4 is 0 Å². The van der Waals surface area contributed by atoms with Gasteiger partial charge in [0.25, 0.3) is 0 Å². The van der Waals surface area contributed by atoms with E-state index in [2.05, 4.69) is 24.8 Å². The van der Waals surface area contributed by atoms with Gasteiger partial charge in [-0.15, -0.1) is 6.58 Å². The van der Waals surface area contributed by atoms with Crippen molar-refractivity contribution < 1.29 is 4.79 Å². The van der Waals surface area contributed by atoms with Crippen LogP contribution in [-0.4, -0.2) is 5.78 Å². The SMILES string of the molecule is C=CC1CCC(CC/C=C/C2CCC(=O)CC2)CC1. The van der Waals surface area contributed by atoms with Crippen molar-refractivity contribution in [2.24, 2.45) is 17.8 Å². The monoisotopic (exact) mass is 260 g/mol. The average molecular weight is 260 g/mol. The third-order valence-electron chi connectivity index (χ3n) is 4.96. The molecule has 0 bridgehead atoms. The van der Waals surface area contributed by atoms with Crippen LogP contribution in [-0.2, 0) is 4.79 Å². The fourth-order valence-electron chi connectivity index (χ4n) is 3.49. The molecule has 0 atom stereocenters. The number of ketones is 1. The molecule has 0 aromatic heterocycles. The second-order valence-electron chi connectivity index (χ2n) is 6.40. The minimum atomic E-state index is 0.462. The van der Waals surface area contributed by atoms with Crippen LogP contribution >= 0.6 is 0 Å². The number of Topliss-reactive ketones (excluding diaryl/α,β-unsaturated/α-hetero) is 1. The Morgan fingerprint density at radius 3 is 2.32 bits per heavy atom. The van der Waals surface area contributed by atoms with E-state index in [0.29, 0.717) is 11.7 Å². The van der Waals surface area contributed by atoms with Crippen molar-refractivity contribution in [1.29, 1.82) is 0 Å². The summed E-state index contributed by atoms with van der Waals surface area (Å²) >= 11 is 0. The molecule has 106 valence electrons. The molecule has 0 unspecified atom stereocenters. The summed E-state index contributed by atoms with van der Waals surface area (Å²) in [5.41, 5.74) is 0.